The van der Waals surface area contributed by atoms with Crippen molar-refractivity contribution in [1.29, 1.82) is 0 Å². The van der Waals surface area contributed by atoms with Crippen molar-refractivity contribution in [3.8, 4) is 0 Å². The van der Waals surface area contributed by atoms with Crippen LogP contribution in [0.25, 0.3) is 12.2 Å². The van der Waals surface area contributed by atoms with Crippen LogP contribution in [0, 0.1) is 0 Å². The van der Waals surface area contributed by atoms with Crippen LogP contribution in [0.2, 0.25) is 0 Å². The quantitative estimate of drug-likeness (QED) is 0.0418. The number of hydrogen-bond acceptors (Lipinski definition) is 2. The molecule has 0 unspecified atom stereocenters. The Bertz CT molecular complexity index is 1190. The SMILES string of the molecule is CCCCCCCCCC=Cc1ccc(N=C(CCCC)C(CCCCCCCC)=Nc2ccc(C=CCCCCCCCCC)cc2)cc1.[Ni]. The molecular weight excluding hydrogens is 663 g/mol. The van der Waals surface area contributed by atoms with Gasteiger partial charge in [0.25, 0.3) is 0 Å². The van der Waals surface area contributed by atoms with Crippen LogP contribution in [0.5, 0.6) is 0 Å². The molecule has 0 aliphatic rings. The van der Waals surface area contributed by atoms with Crippen LogP contribution in [-0.4, -0.2) is 11.4 Å². The van der Waals surface area contributed by atoms with E-state index >= 15 is 0 Å². The van der Waals surface area contributed by atoms with Gasteiger partial charge in [-0.1, -0.05) is 192 Å². The van der Waals surface area contributed by atoms with Crippen molar-refractivity contribution in [2.75, 3.05) is 0 Å². The van der Waals surface area contributed by atoms with E-state index in [2.05, 4.69) is 101 Å². The third-order valence-corrected chi connectivity index (χ3v) is 9.75. The maximum Gasteiger partial charge on any atom is 0.0634 e. The van der Waals surface area contributed by atoms with Gasteiger partial charge in [0.05, 0.1) is 22.8 Å². The molecule has 0 atom stereocenters. The Morgan fingerprint density at radius 3 is 1.08 bits per heavy atom. The van der Waals surface area contributed by atoms with E-state index in [1.165, 1.54) is 164 Å². The number of unbranched alkanes of at least 4 members (excludes halogenated alkanes) is 20. The van der Waals surface area contributed by atoms with Crippen molar-refractivity contribution < 1.29 is 16.5 Å². The first-order valence-electron chi connectivity index (χ1n) is 21.4. The topological polar surface area (TPSA) is 24.7 Å². The molecule has 0 amide bonds. The molecule has 0 fully saturated rings. The molecule has 0 aromatic heterocycles. The summed E-state index contributed by atoms with van der Waals surface area (Å²) in [5, 5.41) is 0. The van der Waals surface area contributed by atoms with Crippen LogP contribution in [0.4, 0.5) is 11.4 Å². The molecule has 3 heteroatoms. The summed E-state index contributed by atoms with van der Waals surface area (Å²) < 4.78 is 0. The summed E-state index contributed by atoms with van der Waals surface area (Å²) in [6.45, 7) is 9.14. The summed E-state index contributed by atoms with van der Waals surface area (Å²) in [6.07, 6.45) is 42.7. The number of aliphatic imine (C=N–C) groups is 2. The van der Waals surface area contributed by atoms with Crippen molar-refractivity contribution >= 4 is 35.0 Å². The van der Waals surface area contributed by atoms with Crippen LogP contribution in [0.3, 0.4) is 0 Å². The van der Waals surface area contributed by atoms with Crippen molar-refractivity contribution in [1.82, 2.24) is 0 Å². The Hall–Kier alpha value is -2.25. The first-order chi connectivity index (χ1) is 24.7. The smallest absolute Gasteiger partial charge is 0.0634 e. The van der Waals surface area contributed by atoms with Crippen molar-refractivity contribution in [2.24, 2.45) is 9.98 Å². The van der Waals surface area contributed by atoms with Gasteiger partial charge in [-0.05, 0) is 86.8 Å². The molecule has 2 aromatic rings. The number of benzene rings is 2. The molecule has 0 bridgehead atoms. The minimum absolute atomic E-state index is 0. The van der Waals surface area contributed by atoms with Gasteiger partial charge in [-0.3, -0.25) is 9.98 Å². The molecule has 0 saturated heterocycles. The fourth-order valence-corrected chi connectivity index (χ4v) is 6.46. The third kappa shape index (κ3) is 24.6. The van der Waals surface area contributed by atoms with Gasteiger partial charge >= 0.3 is 0 Å². The van der Waals surface area contributed by atoms with Crippen LogP contribution < -0.4 is 0 Å². The largest absolute Gasteiger partial charge is 0.252 e. The van der Waals surface area contributed by atoms with E-state index < -0.39 is 0 Å². The first kappa shape index (κ1) is 46.8. The molecule has 0 heterocycles. The van der Waals surface area contributed by atoms with Crippen molar-refractivity contribution in [3.05, 3.63) is 71.8 Å². The predicted molar refractivity (Wildman–Crippen MR) is 228 cm³/mol. The van der Waals surface area contributed by atoms with Crippen LogP contribution in [-0.2, 0) is 16.5 Å². The molecule has 288 valence electrons. The van der Waals surface area contributed by atoms with Crippen molar-refractivity contribution in [2.45, 2.75) is 195 Å². The zero-order chi connectivity index (χ0) is 35.7. The Labute approximate surface area is 326 Å². The Morgan fingerprint density at radius 1 is 0.392 bits per heavy atom. The molecule has 0 saturated carbocycles. The summed E-state index contributed by atoms with van der Waals surface area (Å²) in [7, 11) is 0. The van der Waals surface area contributed by atoms with Crippen LogP contribution in [0.15, 0.2) is 70.7 Å². The number of allylic oxidation sites excluding steroid dienone is 2. The average Bonchev–Trinajstić information content (AvgIpc) is 3.14. The average molecular weight is 740 g/mol. The standard InChI is InChI=1S/C48H76N2.Ni/c1-5-9-13-16-19-21-23-25-28-31-43-35-39-45(40-36-43)49-47(33-12-8-4)48(34-30-27-18-15-11-7-3)50-46-41-37-44(38-42-46)32-29-26-24-22-20-17-14-10-6-2;/h28-29,31-32,35-42H,5-27,30,33-34H2,1-4H3;. The molecule has 0 aliphatic carbocycles. The second-order valence-electron chi connectivity index (χ2n) is 14.5. The zero-order valence-electron chi connectivity index (χ0n) is 33.5. The van der Waals surface area contributed by atoms with E-state index in [1.807, 2.05) is 0 Å². The minimum Gasteiger partial charge on any atom is -0.252 e. The molecule has 0 radical (unpaired) electrons. The molecule has 51 heavy (non-hydrogen) atoms. The third-order valence-electron chi connectivity index (χ3n) is 9.75. The minimum atomic E-state index is 0. The fraction of sp³-hybridized carbons (Fsp3) is 0.625. The van der Waals surface area contributed by atoms with E-state index in [4.69, 9.17) is 9.98 Å². The van der Waals surface area contributed by atoms with E-state index in [0.29, 0.717) is 0 Å². The Balaban J connectivity index is 0.0000130. The maximum absolute atomic E-state index is 5.29. The Morgan fingerprint density at radius 2 is 0.706 bits per heavy atom. The second-order valence-corrected chi connectivity index (χ2v) is 14.5. The molecule has 0 N–H and O–H groups in total. The van der Waals surface area contributed by atoms with E-state index in [1.54, 1.807) is 0 Å². The molecule has 2 rings (SSSR count). The summed E-state index contributed by atoms with van der Waals surface area (Å²) in [5.41, 5.74) is 6.95. The summed E-state index contributed by atoms with van der Waals surface area (Å²) in [5.74, 6) is 0. The van der Waals surface area contributed by atoms with Gasteiger partial charge in [0, 0.05) is 16.5 Å². The summed E-state index contributed by atoms with van der Waals surface area (Å²) in [4.78, 5) is 10.6. The second kappa shape index (κ2) is 33.6. The summed E-state index contributed by atoms with van der Waals surface area (Å²) in [6, 6.07) is 17.7. The Kier molecular flexibility index (Phi) is 30.8. The van der Waals surface area contributed by atoms with Gasteiger partial charge < -0.3 is 0 Å². The van der Waals surface area contributed by atoms with Gasteiger partial charge in [-0.25, -0.2) is 0 Å². The van der Waals surface area contributed by atoms with E-state index in [0.717, 1.165) is 37.1 Å². The van der Waals surface area contributed by atoms with E-state index in [9.17, 15) is 0 Å². The molecule has 0 aliphatic heterocycles. The number of rotatable bonds is 31. The van der Waals surface area contributed by atoms with Gasteiger partial charge in [0.1, 0.15) is 0 Å². The monoisotopic (exact) mass is 739 g/mol. The van der Waals surface area contributed by atoms with E-state index in [-0.39, 0.29) is 16.5 Å². The normalized spacial score (nSPS) is 12.3. The zero-order valence-corrected chi connectivity index (χ0v) is 34.5. The van der Waals surface area contributed by atoms with Gasteiger partial charge in [-0.2, -0.15) is 0 Å². The fourth-order valence-electron chi connectivity index (χ4n) is 6.46. The maximum atomic E-state index is 5.29. The molecule has 2 nitrogen and oxygen atoms in total. The van der Waals surface area contributed by atoms with Crippen molar-refractivity contribution in [3.63, 3.8) is 0 Å². The van der Waals surface area contributed by atoms with Crippen LogP contribution >= 0.6 is 0 Å². The first-order valence-corrected chi connectivity index (χ1v) is 21.4. The predicted octanol–water partition coefficient (Wildman–Crippen LogP) is 16.8. The summed E-state index contributed by atoms with van der Waals surface area (Å²) >= 11 is 0. The molecule has 0 spiro atoms. The van der Waals surface area contributed by atoms with Gasteiger partial charge in [0.15, 0.2) is 0 Å². The molecule has 2 aromatic carbocycles. The van der Waals surface area contributed by atoms with Gasteiger partial charge in [0.2, 0.25) is 0 Å². The van der Waals surface area contributed by atoms with Gasteiger partial charge in [-0.15, -0.1) is 0 Å². The molecular formula is C48H76N2Ni. The number of hydrogen-bond donors (Lipinski definition) is 0. The van der Waals surface area contributed by atoms with Crippen LogP contribution in [0.1, 0.15) is 206 Å². The number of nitrogens with zero attached hydrogens (tertiary/aromatic N) is 2.